The van der Waals surface area contributed by atoms with Crippen molar-refractivity contribution >= 4 is 17.3 Å². The van der Waals surface area contributed by atoms with E-state index < -0.39 is 5.97 Å². The molecule has 168 valence electrons. The van der Waals surface area contributed by atoms with Crippen molar-refractivity contribution in [2.24, 2.45) is 0 Å². The maximum absolute atomic E-state index is 10.8. The van der Waals surface area contributed by atoms with Crippen LogP contribution in [0, 0.1) is 0 Å². The van der Waals surface area contributed by atoms with Crippen LogP contribution >= 0.6 is 11.3 Å². The monoisotopic (exact) mass is 449 g/mol. The maximum atomic E-state index is 10.8. The molecule has 1 atom stereocenters. The molecule has 5 heteroatoms. The van der Waals surface area contributed by atoms with Crippen molar-refractivity contribution in [2.45, 2.75) is 44.6 Å². The molecular formula is C27H31NO3S. The van der Waals surface area contributed by atoms with Gasteiger partial charge in [-0.3, -0.25) is 9.69 Å². The van der Waals surface area contributed by atoms with Gasteiger partial charge in [0.2, 0.25) is 0 Å². The fourth-order valence-electron chi connectivity index (χ4n) is 4.35. The highest BCUT2D eigenvalue weighted by Crippen LogP contribution is 2.24. The van der Waals surface area contributed by atoms with Gasteiger partial charge in [-0.1, -0.05) is 42.8 Å². The van der Waals surface area contributed by atoms with Crippen LogP contribution in [0.2, 0.25) is 0 Å². The zero-order valence-electron chi connectivity index (χ0n) is 18.4. The minimum absolute atomic E-state index is 0.238. The fraction of sp³-hybridized carbons (Fsp3) is 0.370. The van der Waals surface area contributed by atoms with Crippen LogP contribution in [-0.4, -0.2) is 41.7 Å². The van der Waals surface area contributed by atoms with Gasteiger partial charge in [0.25, 0.3) is 0 Å². The van der Waals surface area contributed by atoms with Gasteiger partial charge in [0, 0.05) is 12.5 Å². The van der Waals surface area contributed by atoms with Crippen LogP contribution in [-0.2, 0) is 11.2 Å². The minimum atomic E-state index is -0.715. The molecule has 4 nitrogen and oxygen atoms in total. The van der Waals surface area contributed by atoms with E-state index in [9.17, 15) is 4.79 Å². The van der Waals surface area contributed by atoms with E-state index in [1.807, 2.05) is 0 Å². The normalized spacial score (nSPS) is 16.7. The summed E-state index contributed by atoms with van der Waals surface area (Å²) >= 11 is 1.72. The summed E-state index contributed by atoms with van der Waals surface area (Å²) in [6, 6.07) is 19.8. The van der Waals surface area contributed by atoms with E-state index in [-0.39, 0.29) is 6.42 Å². The predicted molar refractivity (Wildman–Crippen MR) is 131 cm³/mol. The van der Waals surface area contributed by atoms with Gasteiger partial charge in [0.05, 0.1) is 0 Å². The molecule has 3 aromatic rings. The van der Waals surface area contributed by atoms with Crippen molar-refractivity contribution in [3.05, 3.63) is 76.5 Å². The van der Waals surface area contributed by atoms with Crippen LogP contribution in [0.15, 0.2) is 65.4 Å². The Morgan fingerprint density at radius 1 is 1.00 bits per heavy atom. The highest BCUT2D eigenvalue weighted by molar-refractivity contribution is 7.08. The van der Waals surface area contributed by atoms with E-state index in [0.29, 0.717) is 19.1 Å². The number of carbonyl (C=O) groups is 1. The van der Waals surface area contributed by atoms with Crippen molar-refractivity contribution in [1.82, 2.24) is 4.90 Å². The zero-order valence-corrected chi connectivity index (χ0v) is 19.2. The summed E-state index contributed by atoms with van der Waals surface area (Å²) < 4.78 is 6.11. The molecule has 2 aromatic carbocycles. The molecule has 1 saturated heterocycles. The zero-order chi connectivity index (χ0) is 22.2. The van der Waals surface area contributed by atoms with Crippen LogP contribution in [0.1, 0.15) is 43.2 Å². The molecule has 0 bridgehead atoms. The Kier molecular flexibility index (Phi) is 7.97. The minimum Gasteiger partial charge on any atom is -0.492 e. The number of carboxylic acid groups (broad SMARTS) is 1. The van der Waals surface area contributed by atoms with Gasteiger partial charge in [0.1, 0.15) is 12.4 Å². The third-order valence-electron chi connectivity index (χ3n) is 6.17. The van der Waals surface area contributed by atoms with Crippen molar-refractivity contribution < 1.29 is 14.6 Å². The summed E-state index contributed by atoms with van der Waals surface area (Å²) in [7, 11) is 0. The first-order valence-electron chi connectivity index (χ1n) is 11.5. The Hall–Kier alpha value is -2.63. The lowest BCUT2D eigenvalue weighted by Gasteiger charge is -2.35. The molecule has 0 spiro atoms. The average molecular weight is 450 g/mol. The van der Waals surface area contributed by atoms with Gasteiger partial charge in [-0.25, -0.2) is 0 Å². The van der Waals surface area contributed by atoms with Gasteiger partial charge in [-0.15, -0.1) is 0 Å². The predicted octanol–water partition coefficient (Wildman–Crippen LogP) is 6.10. The maximum Gasteiger partial charge on any atom is 0.303 e. The molecule has 1 aliphatic rings. The lowest BCUT2D eigenvalue weighted by Crippen LogP contribution is -2.43. The second-order valence-electron chi connectivity index (χ2n) is 8.52. The van der Waals surface area contributed by atoms with E-state index in [1.54, 1.807) is 11.3 Å². The van der Waals surface area contributed by atoms with Gasteiger partial charge >= 0.3 is 5.97 Å². The number of thiophene rings is 1. The van der Waals surface area contributed by atoms with Crippen LogP contribution in [0.25, 0.3) is 11.1 Å². The van der Waals surface area contributed by atoms with E-state index in [2.05, 4.69) is 70.3 Å². The number of hydrogen-bond donors (Lipinski definition) is 1. The molecule has 1 fully saturated rings. The smallest absolute Gasteiger partial charge is 0.303 e. The number of likely N-dealkylation sites (tertiary alicyclic amines) is 1. The SMILES string of the molecule is O=C(O)CCCN1CCCC[C@@H]1COc1ccc(Cc2ccc(-c3ccsc3)cc2)cc1. The van der Waals surface area contributed by atoms with Crippen molar-refractivity contribution in [3.63, 3.8) is 0 Å². The second-order valence-corrected chi connectivity index (χ2v) is 9.30. The standard InChI is InChI=1S/C27H31NO3S/c29-27(30)5-3-16-28-15-2-1-4-25(28)19-31-26-12-8-22(9-13-26)18-21-6-10-23(11-7-21)24-14-17-32-20-24/h6-14,17,20,25H,1-5,15-16,18-19H2,(H,29,30)/t25-/m1/s1. The Balaban J connectivity index is 1.27. The summed E-state index contributed by atoms with van der Waals surface area (Å²) in [5.74, 6) is 0.186. The van der Waals surface area contributed by atoms with Crippen LogP contribution < -0.4 is 4.74 Å². The first kappa shape index (κ1) is 22.6. The molecule has 2 heterocycles. The quantitative estimate of drug-likeness (QED) is 0.406. The van der Waals surface area contributed by atoms with Crippen LogP contribution in [0.4, 0.5) is 0 Å². The first-order valence-corrected chi connectivity index (χ1v) is 12.4. The number of aliphatic carboxylic acids is 1. The Morgan fingerprint density at radius 2 is 1.75 bits per heavy atom. The summed E-state index contributed by atoms with van der Waals surface area (Å²) in [6.45, 7) is 2.54. The van der Waals surface area contributed by atoms with E-state index in [0.717, 1.165) is 31.7 Å². The van der Waals surface area contributed by atoms with Crippen LogP contribution in [0.5, 0.6) is 5.75 Å². The molecule has 0 aliphatic carbocycles. The number of piperidine rings is 1. The molecule has 4 rings (SSSR count). The Morgan fingerprint density at radius 3 is 2.44 bits per heavy atom. The molecule has 0 amide bonds. The van der Waals surface area contributed by atoms with E-state index >= 15 is 0 Å². The molecule has 1 aliphatic heterocycles. The number of nitrogens with zero attached hydrogens (tertiary/aromatic N) is 1. The van der Waals surface area contributed by atoms with Gasteiger partial charge in [-0.2, -0.15) is 11.3 Å². The van der Waals surface area contributed by atoms with Gasteiger partial charge in [-0.05, 0) is 90.0 Å². The molecule has 0 unspecified atom stereocenters. The second kappa shape index (κ2) is 11.3. The van der Waals surface area contributed by atoms with E-state index in [4.69, 9.17) is 9.84 Å². The molecule has 1 aromatic heterocycles. The molecule has 0 saturated carbocycles. The van der Waals surface area contributed by atoms with Crippen LogP contribution in [0.3, 0.4) is 0 Å². The summed E-state index contributed by atoms with van der Waals surface area (Å²) in [4.78, 5) is 13.2. The number of carboxylic acids is 1. The third-order valence-corrected chi connectivity index (χ3v) is 6.85. The van der Waals surface area contributed by atoms with Crippen molar-refractivity contribution in [1.29, 1.82) is 0 Å². The molecule has 0 radical (unpaired) electrons. The van der Waals surface area contributed by atoms with Gasteiger partial charge in [0.15, 0.2) is 0 Å². The van der Waals surface area contributed by atoms with E-state index in [1.165, 1.54) is 35.1 Å². The topological polar surface area (TPSA) is 49.8 Å². The summed E-state index contributed by atoms with van der Waals surface area (Å²) in [6.07, 6.45) is 5.37. The lowest BCUT2D eigenvalue weighted by molar-refractivity contribution is -0.137. The first-order chi connectivity index (χ1) is 15.7. The van der Waals surface area contributed by atoms with Crippen molar-refractivity contribution in [3.8, 4) is 16.9 Å². The average Bonchev–Trinajstić information content (AvgIpc) is 3.35. The number of ether oxygens (including phenoxy) is 1. The van der Waals surface area contributed by atoms with Gasteiger partial charge < -0.3 is 9.84 Å². The number of hydrogen-bond acceptors (Lipinski definition) is 4. The van der Waals surface area contributed by atoms with Crippen molar-refractivity contribution in [2.75, 3.05) is 19.7 Å². The fourth-order valence-corrected chi connectivity index (χ4v) is 5.02. The third kappa shape index (κ3) is 6.44. The largest absolute Gasteiger partial charge is 0.492 e. The highest BCUT2D eigenvalue weighted by atomic mass is 32.1. The Bertz CT molecular complexity index is 967. The number of rotatable bonds is 10. The molecule has 1 N–H and O–H groups in total. The Labute approximate surface area is 194 Å². The highest BCUT2D eigenvalue weighted by Gasteiger charge is 2.22. The number of benzene rings is 2. The molecule has 32 heavy (non-hydrogen) atoms. The summed E-state index contributed by atoms with van der Waals surface area (Å²) in [5.41, 5.74) is 5.12. The molecular weight excluding hydrogens is 418 g/mol. The summed E-state index contributed by atoms with van der Waals surface area (Å²) in [5, 5.41) is 13.2. The lowest BCUT2D eigenvalue weighted by atomic mass is 10.0.